The van der Waals surface area contributed by atoms with Crippen molar-refractivity contribution in [3.8, 4) is 0 Å². The van der Waals surface area contributed by atoms with Crippen LogP contribution in [0.25, 0.3) is 0 Å². The van der Waals surface area contributed by atoms with Crippen LogP contribution in [0.3, 0.4) is 0 Å². The second-order valence-corrected chi connectivity index (χ2v) is 4.77. The van der Waals surface area contributed by atoms with Gasteiger partial charge in [0, 0.05) is 12.6 Å². The number of hydrogen-bond donors (Lipinski definition) is 2. The summed E-state index contributed by atoms with van der Waals surface area (Å²) in [6.45, 7) is 1.94. The van der Waals surface area contributed by atoms with Crippen LogP contribution >= 0.6 is 0 Å². The fourth-order valence-corrected chi connectivity index (χ4v) is 2.00. The number of benzene rings is 1. The number of aromatic nitrogens is 1. The zero-order valence-electron chi connectivity index (χ0n) is 11.6. The quantitative estimate of drug-likeness (QED) is 0.877. The van der Waals surface area contributed by atoms with E-state index in [1.54, 1.807) is 18.2 Å². The minimum atomic E-state index is -1.07. The Hall–Kier alpha value is -2.69. The monoisotopic (exact) mass is 284 g/mol. The molecular weight excluding hydrogens is 268 g/mol. The molecule has 21 heavy (non-hydrogen) atoms. The Morgan fingerprint density at radius 1 is 1.24 bits per heavy atom. The third kappa shape index (κ3) is 4.14. The number of nitrogens with one attached hydrogen (secondary N) is 1. The number of aryl methyl sites for hydroxylation is 1. The van der Waals surface area contributed by atoms with Gasteiger partial charge in [0.1, 0.15) is 11.7 Å². The van der Waals surface area contributed by atoms with Crippen LogP contribution in [-0.4, -0.2) is 28.0 Å². The van der Waals surface area contributed by atoms with Crippen molar-refractivity contribution >= 4 is 11.9 Å². The van der Waals surface area contributed by atoms with Gasteiger partial charge in [0.05, 0.1) is 0 Å². The zero-order chi connectivity index (χ0) is 15.2. The number of carbonyl (C=O) groups excluding carboxylic acids is 1. The molecule has 108 valence electrons. The van der Waals surface area contributed by atoms with Crippen molar-refractivity contribution in [2.24, 2.45) is 0 Å². The van der Waals surface area contributed by atoms with Gasteiger partial charge in [-0.15, -0.1) is 0 Å². The highest BCUT2D eigenvalue weighted by Gasteiger charge is 2.21. The summed E-state index contributed by atoms with van der Waals surface area (Å²) in [5.74, 6) is -1.56. The molecule has 0 bridgehead atoms. The van der Waals surface area contributed by atoms with Gasteiger partial charge in [-0.2, -0.15) is 0 Å². The van der Waals surface area contributed by atoms with Crippen molar-refractivity contribution in [2.75, 3.05) is 0 Å². The standard InChI is InChI=1S/C16H16N2O3/c1-11-5-4-6-12(9-11)10-14(16(20)21)18-15(19)13-7-2-3-8-17-13/h2-9,14H,10H2,1H3,(H,18,19)(H,20,21)/t14-/m1/s1. The predicted octanol–water partition coefficient (Wildman–Crippen LogP) is 1.82. The summed E-state index contributed by atoms with van der Waals surface area (Å²) in [4.78, 5) is 27.2. The summed E-state index contributed by atoms with van der Waals surface area (Å²) in [6.07, 6.45) is 1.72. The van der Waals surface area contributed by atoms with Crippen LogP contribution < -0.4 is 5.32 Å². The fourth-order valence-electron chi connectivity index (χ4n) is 2.00. The molecule has 0 spiro atoms. The zero-order valence-corrected chi connectivity index (χ0v) is 11.6. The molecule has 1 heterocycles. The van der Waals surface area contributed by atoms with E-state index in [1.807, 2.05) is 31.2 Å². The molecule has 0 unspecified atom stereocenters. The summed E-state index contributed by atoms with van der Waals surface area (Å²) in [7, 11) is 0. The van der Waals surface area contributed by atoms with Crippen molar-refractivity contribution in [3.63, 3.8) is 0 Å². The molecule has 0 saturated carbocycles. The molecule has 1 amide bonds. The predicted molar refractivity (Wildman–Crippen MR) is 78.0 cm³/mol. The SMILES string of the molecule is Cc1cccc(C[C@@H](NC(=O)c2ccccn2)C(=O)O)c1. The van der Waals surface area contributed by atoms with Crippen LogP contribution in [0.5, 0.6) is 0 Å². The number of carboxylic acids is 1. The summed E-state index contributed by atoms with van der Waals surface area (Å²) in [5, 5.41) is 11.8. The maximum atomic E-state index is 12.0. The van der Waals surface area contributed by atoms with Crippen molar-refractivity contribution < 1.29 is 14.7 Å². The van der Waals surface area contributed by atoms with Gasteiger partial charge in [-0.3, -0.25) is 9.78 Å². The molecule has 0 fully saturated rings. The number of carbonyl (C=O) groups is 2. The van der Waals surface area contributed by atoms with Crippen LogP contribution in [0.4, 0.5) is 0 Å². The van der Waals surface area contributed by atoms with Gasteiger partial charge in [0.25, 0.3) is 5.91 Å². The van der Waals surface area contributed by atoms with E-state index in [1.165, 1.54) is 6.20 Å². The Morgan fingerprint density at radius 3 is 2.67 bits per heavy atom. The third-order valence-corrected chi connectivity index (χ3v) is 3.02. The van der Waals surface area contributed by atoms with Gasteiger partial charge < -0.3 is 10.4 Å². The highest BCUT2D eigenvalue weighted by atomic mass is 16.4. The van der Waals surface area contributed by atoms with Crippen molar-refractivity contribution in [1.82, 2.24) is 10.3 Å². The van der Waals surface area contributed by atoms with Crippen LogP contribution in [0.1, 0.15) is 21.6 Å². The van der Waals surface area contributed by atoms with E-state index in [0.29, 0.717) is 0 Å². The molecule has 5 nitrogen and oxygen atoms in total. The first kappa shape index (κ1) is 14.7. The molecule has 0 aliphatic heterocycles. The van der Waals surface area contributed by atoms with Crippen LogP contribution in [0.15, 0.2) is 48.7 Å². The lowest BCUT2D eigenvalue weighted by Crippen LogP contribution is -2.42. The number of aliphatic carboxylic acids is 1. The Kier molecular flexibility index (Phi) is 4.66. The molecule has 5 heteroatoms. The number of rotatable bonds is 5. The largest absolute Gasteiger partial charge is 0.480 e. The first-order chi connectivity index (χ1) is 10.1. The molecule has 1 atom stereocenters. The molecule has 0 aliphatic carbocycles. The molecular formula is C16H16N2O3. The average Bonchev–Trinajstić information content (AvgIpc) is 2.47. The van der Waals surface area contributed by atoms with Gasteiger partial charge in [-0.05, 0) is 24.6 Å². The van der Waals surface area contributed by atoms with Gasteiger partial charge in [-0.25, -0.2) is 4.79 Å². The fraction of sp³-hybridized carbons (Fsp3) is 0.188. The minimum absolute atomic E-state index is 0.202. The number of nitrogens with zero attached hydrogens (tertiary/aromatic N) is 1. The third-order valence-electron chi connectivity index (χ3n) is 3.02. The molecule has 2 rings (SSSR count). The Bertz CT molecular complexity index is 641. The average molecular weight is 284 g/mol. The van der Waals surface area contributed by atoms with Gasteiger partial charge >= 0.3 is 5.97 Å². The smallest absolute Gasteiger partial charge is 0.326 e. The summed E-state index contributed by atoms with van der Waals surface area (Å²) >= 11 is 0. The van der Waals surface area contributed by atoms with Crippen molar-refractivity contribution in [1.29, 1.82) is 0 Å². The molecule has 1 aromatic heterocycles. The topological polar surface area (TPSA) is 79.3 Å². The Balaban J connectivity index is 2.09. The number of amides is 1. The number of carboxylic acid groups (broad SMARTS) is 1. The van der Waals surface area contributed by atoms with E-state index >= 15 is 0 Å². The molecule has 1 aromatic carbocycles. The van der Waals surface area contributed by atoms with Crippen molar-refractivity contribution in [2.45, 2.75) is 19.4 Å². The van der Waals surface area contributed by atoms with Gasteiger partial charge in [0.2, 0.25) is 0 Å². The molecule has 0 radical (unpaired) electrons. The Labute approximate surface area is 122 Å². The molecule has 0 aliphatic rings. The second kappa shape index (κ2) is 6.65. The van der Waals surface area contributed by atoms with Gasteiger partial charge in [0.15, 0.2) is 0 Å². The summed E-state index contributed by atoms with van der Waals surface area (Å²) < 4.78 is 0. The Morgan fingerprint density at radius 2 is 2.05 bits per heavy atom. The van der Waals surface area contributed by atoms with Crippen LogP contribution in [-0.2, 0) is 11.2 Å². The lowest BCUT2D eigenvalue weighted by Gasteiger charge is -2.14. The molecule has 0 saturated heterocycles. The van der Waals surface area contributed by atoms with E-state index in [2.05, 4.69) is 10.3 Å². The highest BCUT2D eigenvalue weighted by Crippen LogP contribution is 2.08. The van der Waals surface area contributed by atoms with Crippen LogP contribution in [0.2, 0.25) is 0 Å². The highest BCUT2D eigenvalue weighted by molar-refractivity contribution is 5.94. The van der Waals surface area contributed by atoms with E-state index in [9.17, 15) is 14.7 Å². The summed E-state index contributed by atoms with van der Waals surface area (Å²) in [6, 6.07) is 11.5. The van der Waals surface area contributed by atoms with E-state index < -0.39 is 17.9 Å². The first-order valence-electron chi connectivity index (χ1n) is 6.56. The molecule has 2 aromatic rings. The van der Waals surface area contributed by atoms with Crippen LogP contribution in [0, 0.1) is 6.92 Å². The summed E-state index contributed by atoms with van der Waals surface area (Å²) in [5.41, 5.74) is 2.12. The van der Waals surface area contributed by atoms with E-state index in [4.69, 9.17) is 0 Å². The lowest BCUT2D eigenvalue weighted by molar-refractivity contribution is -0.139. The van der Waals surface area contributed by atoms with Crippen molar-refractivity contribution in [3.05, 3.63) is 65.5 Å². The second-order valence-electron chi connectivity index (χ2n) is 4.77. The molecule has 2 N–H and O–H groups in total. The van der Waals surface area contributed by atoms with E-state index in [0.717, 1.165) is 11.1 Å². The minimum Gasteiger partial charge on any atom is -0.480 e. The normalized spacial score (nSPS) is 11.7. The number of pyridine rings is 1. The maximum absolute atomic E-state index is 12.0. The first-order valence-corrected chi connectivity index (χ1v) is 6.56. The lowest BCUT2D eigenvalue weighted by atomic mass is 10.0. The number of hydrogen-bond acceptors (Lipinski definition) is 3. The van der Waals surface area contributed by atoms with E-state index in [-0.39, 0.29) is 12.1 Å². The maximum Gasteiger partial charge on any atom is 0.326 e. The van der Waals surface area contributed by atoms with Gasteiger partial charge in [-0.1, -0.05) is 35.9 Å².